The Morgan fingerprint density at radius 1 is 0.971 bits per heavy atom. The van der Waals surface area contributed by atoms with Gasteiger partial charge in [0, 0.05) is 49.3 Å². The highest BCUT2D eigenvalue weighted by Crippen LogP contribution is 2.56. The van der Waals surface area contributed by atoms with Gasteiger partial charge in [0.05, 0.1) is 5.69 Å². The Morgan fingerprint density at radius 3 is 2.35 bits per heavy atom. The molecule has 0 radical (unpaired) electrons. The van der Waals surface area contributed by atoms with E-state index in [0.717, 1.165) is 68.0 Å². The Morgan fingerprint density at radius 2 is 1.71 bits per heavy atom. The molecule has 34 heavy (non-hydrogen) atoms. The van der Waals surface area contributed by atoms with E-state index >= 15 is 0 Å². The average Bonchev–Trinajstić information content (AvgIpc) is 3.37. The van der Waals surface area contributed by atoms with Crippen LogP contribution in [-0.2, 0) is 0 Å². The zero-order valence-electron chi connectivity index (χ0n) is 19.7. The number of nitrogens with one attached hydrogen (secondary N) is 1. The number of benzene rings is 1. The number of aryl methyl sites for hydroxylation is 2. The van der Waals surface area contributed by atoms with Crippen LogP contribution in [0.25, 0.3) is 5.69 Å². The van der Waals surface area contributed by atoms with E-state index in [1.165, 1.54) is 18.4 Å². The van der Waals surface area contributed by atoms with Crippen LogP contribution in [0.15, 0.2) is 24.3 Å². The number of hydrogen-bond acceptors (Lipinski definition) is 5. The normalized spacial score (nSPS) is 21.9. The molecule has 7 rings (SSSR count). The van der Waals surface area contributed by atoms with E-state index in [1.807, 2.05) is 28.3 Å². The Labute approximate surface area is 198 Å². The Hall–Kier alpha value is -3.23. The first-order chi connectivity index (χ1) is 16.5. The molecule has 176 valence electrons. The lowest BCUT2D eigenvalue weighted by Gasteiger charge is -2.59. The topological polar surface area (TPSA) is 95.8 Å². The van der Waals surface area contributed by atoms with Gasteiger partial charge < -0.3 is 9.80 Å². The predicted molar refractivity (Wildman–Crippen MR) is 125 cm³/mol. The van der Waals surface area contributed by atoms with E-state index in [4.69, 9.17) is 4.98 Å². The third-order valence-corrected chi connectivity index (χ3v) is 8.17. The number of amides is 2. The zero-order valence-corrected chi connectivity index (χ0v) is 19.7. The van der Waals surface area contributed by atoms with Crippen LogP contribution in [-0.4, -0.2) is 72.0 Å². The molecule has 9 heteroatoms. The van der Waals surface area contributed by atoms with E-state index in [2.05, 4.69) is 44.5 Å². The molecule has 2 aromatic heterocycles. The second-order valence-electron chi connectivity index (χ2n) is 10.9. The summed E-state index contributed by atoms with van der Waals surface area (Å²) < 4.78 is 1.87. The molecule has 1 N–H and O–H groups in total. The summed E-state index contributed by atoms with van der Waals surface area (Å²) in [6, 6.07) is 8.69. The van der Waals surface area contributed by atoms with Gasteiger partial charge in [-0.25, -0.2) is 19.4 Å². The van der Waals surface area contributed by atoms with Crippen LogP contribution in [0.4, 0.5) is 4.79 Å². The number of nitrogens with zero attached hydrogens (tertiary/aromatic N) is 7. The molecule has 3 aromatic rings. The maximum Gasteiger partial charge on any atom is 0.320 e. The van der Waals surface area contributed by atoms with Crippen LogP contribution >= 0.6 is 0 Å². The highest BCUT2D eigenvalue weighted by molar-refractivity contribution is 5.77. The van der Waals surface area contributed by atoms with Crippen molar-refractivity contribution in [2.75, 3.05) is 26.2 Å². The van der Waals surface area contributed by atoms with Gasteiger partial charge in [0.15, 0.2) is 5.82 Å². The van der Waals surface area contributed by atoms with Crippen molar-refractivity contribution in [3.8, 4) is 5.69 Å². The molecule has 1 spiro atoms. The van der Waals surface area contributed by atoms with Crippen molar-refractivity contribution in [3.05, 3.63) is 53.1 Å². The van der Waals surface area contributed by atoms with Crippen molar-refractivity contribution in [1.29, 1.82) is 0 Å². The van der Waals surface area contributed by atoms with E-state index in [-0.39, 0.29) is 6.03 Å². The monoisotopic (exact) mass is 458 g/mol. The highest BCUT2D eigenvalue weighted by Gasteiger charge is 2.56. The molecule has 2 aliphatic carbocycles. The summed E-state index contributed by atoms with van der Waals surface area (Å²) in [4.78, 5) is 26.0. The van der Waals surface area contributed by atoms with Crippen molar-refractivity contribution in [1.82, 2.24) is 39.7 Å². The summed E-state index contributed by atoms with van der Waals surface area (Å²) in [5.41, 5.74) is 2.60. The Bertz CT molecular complexity index is 1240. The number of H-pyrrole nitrogens is 1. The number of urea groups is 1. The molecule has 1 aromatic carbocycles. The number of hydrogen-bond donors (Lipinski definition) is 1. The minimum absolute atomic E-state index is 0.199. The maximum atomic E-state index is 12.9. The van der Waals surface area contributed by atoms with Gasteiger partial charge in [-0.1, -0.05) is 12.1 Å². The summed E-state index contributed by atoms with van der Waals surface area (Å²) in [7, 11) is 0. The smallest absolute Gasteiger partial charge is 0.320 e. The van der Waals surface area contributed by atoms with Gasteiger partial charge in [0.25, 0.3) is 0 Å². The molecule has 2 amide bonds. The number of carbonyl (C=O) groups excluding carboxylic acids is 1. The minimum atomic E-state index is 0.199. The second kappa shape index (κ2) is 7.13. The lowest BCUT2D eigenvalue weighted by Crippen LogP contribution is -2.67. The summed E-state index contributed by atoms with van der Waals surface area (Å²) in [5, 5.41) is 12.0. The Balaban J connectivity index is 0.898. The molecule has 4 aliphatic rings. The maximum absolute atomic E-state index is 12.9. The molecule has 0 atom stereocenters. The van der Waals surface area contributed by atoms with Gasteiger partial charge in [-0.05, 0) is 57.2 Å². The minimum Gasteiger partial charge on any atom is -0.323 e. The van der Waals surface area contributed by atoms with Crippen LogP contribution in [0.5, 0.6) is 0 Å². The third-order valence-electron chi connectivity index (χ3n) is 8.17. The van der Waals surface area contributed by atoms with Crippen LogP contribution in [0.1, 0.15) is 72.3 Å². The first kappa shape index (κ1) is 20.2. The quantitative estimate of drug-likeness (QED) is 0.647. The molecule has 2 aliphatic heterocycles. The number of rotatable bonds is 4. The first-order valence-electron chi connectivity index (χ1n) is 12.4. The molecule has 0 unspecified atom stereocenters. The van der Waals surface area contributed by atoms with Crippen molar-refractivity contribution < 1.29 is 4.79 Å². The molecular formula is C25H30N8O. The standard InChI is InChI=1S/C25H30N8O/c1-15-26-16(2)33(30-15)21-7-5-17(6-8-21)20-11-31(12-20)24(34)32-13-25(14-32)9-19(10-25)23-27-22(28-29-23)18-3-4-18/h5-8,18-20H,3-4,9-14H2,1-2H3,(H,27,28,29). The molecule has 4 heterocycles. The van der Waals surface area contributed by atoms with Crippen molar-refractivity contribution in [3.63, 3.8) is 0 Å². The van der Waals surface area contributed by atoms with Crippen molar-refractivity contribution >= 4 is 6.03 Å². The summed E-state index contributed by atoms with van der Waals surface area (Å²) in [6.45, 7) is 7.23. The predicted octanol–water partition coefficient (Wildman–Crippen LogP) is 3.28. The van der Waals surface area contributed by atoms with Crippen LogP contribution in [0, 0.1) is 19.3 Å². The van der Waals surface area contributed by atoms with Gasteiger partial charge in [0.1, 0.15) is 17.5 Å². The van der Waals surface area contributed by atoms with Crippen molar-refractivity contribution in [2.24, 2.45) is 5.41 Å². The van der Waals surface area contributed by atoms with Gasteiger partial charge in [0.2, 0.25) is 0 Å². The average molecular weight is 459 g/mol. The fourth-order valence-electron chi connectivity index (χ4n) is 6.03. The third kappa shape index (κ3) is 3.24. The van der Waals surface area contributed by atoms with E-state index in [1.54, 1.807) is 0 Å². The van der Waals surface area contributed by atoms with Crippen LogP contribution in [0.3, 0.4) is 0 Å². The fourth-order valence-corrected chi connectivity index (χ4v) is 6.03. The van der Waals surface area contributed by atoms with Crippen LogP contribution < -0.4 is 0 Å². The summed E-state index contributed by atoms with van der Waals surface area (Å²) in [5.74, 6) is 5.22. The van der Waals surface area contributed by atoms with E-state index < -0.39 is 0 Å². The highest BCUT2D eigenvalue weighted by atomic mass is 16.2. The van der Waals surface area contributed by atoms with E-state index in [0.29, 0.717) is 23.2 Å². The first-order valence-corrected chi connectivity index (χ1v) is 12.4. The fraction of sp³-hybridized carbons (Fsp3) is 0.560. The molecular weight excluding hydrogens is 428 g/mol. The molecule has 2 saturated carbocycles. The Kier molecular flexibility index (Phi) is 4.23. The number of aromatic amines is 1. The van der Waals surface area contributed by atoms with Gasteiger partial charge in [-0.2, -0.15) is 10.2 Å². The molecule has 9 nitrogen and oxygen atoms in total. The summed E-state index contributed by atoms with van der Waals surface area (Å²) in [6.07, 6.45) is 4.70. The summed E-state index contributed by atoms with van der Waals surface area (Å²) >= 11 is 0. The second-order valence-corrected chi connectivity index (χ2v) is 10.9. The number of aromatic nitrogens is 6. The lowest BCUT2D eigenvalue weighted by atomic mass is 9.57. The molecule has 0 bridgehead atoms. The SMILES string of the molecule is Cc1nc(C)n(-c2ccc(C3CN(C(=O)N4CC5(CC(c6n[nH]c(C7CC7)n6)C5)C4)C3)cc2)n1. The van der Waals surface area contributed by atoms with Gasteiger partial charge in [-0.15, -0.1) is 0 Å². The zero-order chi connectivity index (χ0) is 23.0. The lowest BCUT2D eigenvalue weighted by molar-refractivity contribution is -0.0601. The van der Waals surface area contributed by atoms with E-state index in [9.17, 15) is 4.79 Å². The largest absolute Gasteiger partial charge is 0.323 e. The molecule has 4 fully saturated rings. The van der Waals surface area contributed by atoms with Crippen LogP contribution in [0.2, 0.25) is 0 Å². The van der Waals surface area contributed by atoms with Gasteiger partial charge >= 0.3 is 6.03 Å². The number of likely N-dealkylation sites (tertiary alicyclic amines) is 2. The van der Waals surface area contributed by atoms with Crippen molar-refractivity contribution in [2.45, 2.75) is 57.3 Å². The van der Waals surface area contributed by atoms with Gasteiger partial charge in [-0.3, -0.25) is 5.10 Å². The number of carbonyl (C=O) groups is 1. The molecule has 2 saturated heterocycles.